The molecule has 0 N–H and O–H groups in total. The van der Waals surface area contributed by atoms with Crippen molar-refractivity contribution in [2.45, 2.75) is 19.3 Å². The van der Waals surface area contributed by atoms with Crippen LogP contribution in [-0.2, 0) is 0 Å². The zero-order chi connectivity index (χ0) is 36.2. The Balaban J connectivity index is 1.30. The standard InChI is InChI=1S/C51H42S2/c1-38(41-18-7-2-8-19-41)34-39(35-48(52)42-20-9-3-10-21-42)30-32-46-28-17-29-47(51(46)45-26-15-6-16-27-45)33-31-40-36-49(43-22-11-4-12-23-43)53-50(37-40)44-24-13-5-14-25-44/h2-16,18-27,30-37,52H,1,17,28-29H2/b32-30-,39-34-,47-33+,48-35-. The van der Waals surface area contributed by atoms with Gasteiger partial charge in [0.05, 0.1) is 0 Å². The van der Waals surface area contributed by atoms with Gasteiger partial charge in [0, 0.05) is 14.7 Å². The Hall–Kier alpha value is -5.54. The smallest absolute Gasteiger partial charge is 0.0200 e. The first-order valence-corrected chi connectivity index (χ1v) is 19.4. The van der Waals surface area contributed by atoms with Gasteiger partial charge in [-0.15, -0.1) is 12.6 Å². The van der Waals surface area contributed by atoms with Gasteiger partial charge in [-0.1, -0.05) is 194 Å². The van der Waals surface area contributed by atoms with E-state index in [1.807, 2.05) is 36.0 Å². The summed E-state index contributed by atoms with van der Waals surface area (Å²) in [6.07, 6.45) is 21.3. The molecule has 1 aliphatic carbocycles. The van der Waals surface area contributed by atoms with Crippen molar-refractivity contribution in [1.29, 1.82) is 0 Å². The second kappa shape index (κ2) is 17.8. The lowest BCUT2D eigenvalue weighted by molar-refractivity contribution is 0.805. The third-order valence-electron chi connectivity index (χ3n) is 9.34. The van der Waals surface area contributed by atoms with Crippen LogP contribution in [0, 0.1) is 0 Å². The maximum Gasteiger partial charge on any atom is 0.0200 e. The normalized spacial score (nSPS) is 16.1. The molecular weight excluding hydrogens is 677 g/mol. The first-order chi connectivity index (χ1) is 26.1. The highest BCUT2D eigenvalue weighted by Gasteiger charge is 2.18. The topological polar surface area (TPSA) is 0 Å². The maximum absolute atomic E-state index is 4.93. The zero-order valence-corrected chi connectivity index (χ0v) is 31.4. The first kappa shape index (κ1) is 35.8. The molecule has 5 aromatic rings. The van der Waals surface area contributed by atoms with Crippen molar-refractivity contribution in [2.24, 2.45) is 0 Å². The van der Waals surface area contributed by atoms with Crippen molar-refractivity contribution < 1.29 is 0 Å². The van der Waals surface area contributed by atoms with Gasteiger partial charge in [-0.2, -0.15) is 0 Å². The average molecular weight is 719 g/mol. The molecule has 0 amide bonds. The van der Waals surface area contributed by atoms with Crippen molar-refractivity contribution in [1.82, 2.24) is 0 Å². The van der Waals surface area contributed by atoms with Gasteiger partial charge >= 0.3 is 0 Å². The number of thiol groups is 1. The number of rotatable bonds is 10. The first-order valence-electron chi connectivity index (χ1n) is 18.1. The van der Waals surface area contributed by atoms with Crippen molar-refractivity contribution in [3.8, 4) is 0 Å². The van der Waals surface area contributed by atoms with E-state index in [-0.39, 0.29) is 0 Å². The second-order valence-corrected chi connectivity index (χ2v) is 14.7. The van der Waals surface area contributed by atoms with E-state index < -0.39 is 0 Å². The quantitative estimate of drug-likeness (QED) is 0.111. The lowest BCUT2D eigenvalue weighted by atomic mass is 9.82. The maximum atomic E-state index is 4.93. The summed E-state index contributed by atoms with van der Waals surface area (Å²) in [4.78, 5) is 3.42. The summed E-state index contributed by atoms with van der Waals surface area (Å²) in [5.41, 5.74) is 13.1. The molecule has 2 aliphatic rings. The van der Waals surface area contributed by atoms with Crippen LogP contribution < -0.4 is 0 Å². The van der Waals surface area contributed by atoms with Crippen molar-refractivity contribution in [3.05, 3.63) is 257 Å². The van der Waals surface area contributed by atoms with Crippen molar-refractivity contribution >= 4 is 50.3 Å². The number of hydrogen-bond donors (Lipinski definition) is 1. The third kappa shape index (κ3) is 9.47. The highest BCUT2D eigenvalue weighted by Crippen LogP contribution is 2.44. The molecule has 0 unspecified atom stereocenters. The fourth-order valence-electron chi connectivity index (χ4n) is 6.66. The van der Waals surface area contributed by atoms with Crippen LogP contribution in [0.4, 0.5) is 0 Å². The Morgan fingerprint density at radius 2 is 1.08 bits per heavy atom. The predicted octanol–water partition coefficient (Wildman–Crippen LogP) is 14.5. The molecule has 53 heavy (non-hydrogen) atoms. The summed E-state index contributed by atoms with van der Waals surface area (Å²) in [6.45, 7) is 4.43. The van der Waals surface area contributed by atoms with Gasteiger partial charge in [0.2, 0.25) is 0 Å². The highest BCUT2D eigenvalue weighted by molar-refractivity contribution is 8.16. The number of benzene rings is 5. The summed E-state index contributed by atoms with van der Waals surface area (Å²) in [5, 5.41) is 0. The fourth-order valence-corrected chi connectivity index (χ4v) is 8.09. The van der Waals surface area contributed by atoms with E-state index in [2.05, 4.69) is 183 Å². The van der Waals surface area contributed by atoms with E-state index in [9.17, 15) is 0 Å². The zero-order valence-electron chi connectivity index (χ0n) is 29.7. The molecule has 0 radical (unpaired) electrons. The Kier molecular flexibility index (Phi) is 12.0. The molecule has 7 rings (SSSR count). The molecule has 1 aliphatic heterocycles. The van der Waals surface area contributed by atoms with E-state index in [4.69, 9.17) is 12.6 Å². The van der Waals surface area contributed by atoms with Gasteiger partial charge < -0.3 is 0 Å². The summed E-state index contributed by atoms with van der Waals surface area (Å²) in [7, 11) is 0. The monoisotopic (exact) mass is 718 g/mol. The Bertz CT molecular complexity index is 2240. The lowest BCUT2D eigenvalue weighted by Crippen LogP contribution is -2.02. The lowest BCUT2D eigenvalue weighted by Gasteiger charge is -2.22. The van der Waals surface area contributed by atoms with Crippen LogP contribution in [0.25, 0.3) is 25.9 Å². The minimum atomic E-state index is 0.909. The molecule has 0 bridgehead atoms. The van der Waals surface area contributed by atoms with Crippen molar-refractivity contribution in [3.63, 3.8) is 0 Å². The molecule has 0 saturated carbocycles. The number of allylic oxidation sites excluding steroid dienone is 14. The van der Waals surface area contributed by atoms with Crippen LogP contribution in [0.5, 0.6) is 0 Å². The molecule has 0 saturated heterocycles. The molecule has 0 atom stereocenters. The van der Waals surface area contributed by atoms with E-state index >= 15 is 0 Å². The van der Waals surface area contributed by atoms with Crippen LogP contribution in [0.15, 0.2) is 229 Å². The second-order valence-electron chi connectivity index (χ2n) is 13.1. The molecule has 5 aromatic carbocycles. The fraction of sp³-hybridized carbons (Fsp3) is 0.0588. The van der Waals surface area contributed by atoms with E-state index in [0.717, 1.165) is 46.4 Å². The molecule has 2 heteroatoms. The average Bonchev–Trinajstić information content (AvgIpc) is 3.23. The van der Waals surface area contributed by atoms with Crippen LogP contribution in [-0.4, -0.2) is 0 Å². The predicted molar refractivity (Wildman–Crippen MR) is 236 cm³/mol. The van der Waals surface area contributed by atoms with E-state index in [0.29, 0.717) is 0 Å². The Labute approximate surface area is 324 Å². The molecule has 1 heterocycles. The molecule has 0 nitrogen and oxygen atoms in total. The summed E-state index contributed by atoms with van der Waals surface area (Å²) >= 11 is 6.77. The summed E-state index contributed by atoms with van der Waals surface area (Å²) < 4.78 is 0. The Morgan fingerprint density at radius 1 is 0.566 bits per heavy atom. The molecule has 0 fully saturated rings. The minimum Gasteiger partial charge on any atom is -0.143 e. The van der Waals surface area contributed by atoms with E-state index in [1.165, 1.54) is 48.8 Å². The molecular formula is C51H42S2. The van der Waals surface area contributed by atoms with Gasteiger partial charge in [-0.05, 0) is 105 Å². The van der Waals surface area contributed by atoms with Crippen LogP contribution >= 0.6 is 24.4 Å². The van der Waals surface area contributed by atoms with Gasteiger partial charge in [0.1, 0.15) is 0 Å². The van der Waals surface area contributed by atoms with Gasteiger partial charge in [0.25, 0.3) is 0 Å². The van der Waals surface area contributed by atoms with Gasteiger partial charge in [0.15, 0.2) is 0 Å². The largest absolute Gasteiger partial charge is 0.143 e. The van der Waals surface area contributed by atoms with Gasteiger partial charge in [-0.3, -0.25) is 0 Å². The van der Waals surface area contributed by atoms with Crippen LogP contribution in [0.2, 0.25) is 0 Å². The van der Waals surface area contributed by atoms with Gasteiger partial charge in [-0.25, -0.2) is 0 Å². The minimum absolute atomic E-state index is 0.909. The highest BCUT2D eigenvalue weighted by atomic mass is 32.2. The summed E-state index contributed by atoms with van der Waals surface area (Å²) in [6, 6.07) is 52.9. The number of hydrogen-bond acceptors (Lipinski definition) is 2. The molecule has 0 spiro atoms. The summed E-state index contributed by atoms with van der Waals surface area (Å²) in [5.74, 6) is 0. The van der Waals surface area contributed by atoms with Crippen molar-refractivity contribution in [2.75, 3.05) is 0 Å². The van der Waals surface area contributed by atoms with E-state index in [1.54, 1.807) is 0 Å². The molecule has 0 aromatic heterocycles. The SMILES string of the molecule is C=C(/C=C(/C=C\C1=C(c2ccccc2)C(=C/C=C2C=C(c3ccccc3)SC(c3ccccc3)=C2)/CCC1)\C=C(/S)c1ccccc1)c1ccccc1. The Morgan fingerprint density at radius 3 is 1.64 bits per heavy atom. The van der Waals surface area contributed by atoms with Crippen LogP contribution in [0.3, 0.4) is 0 Å². The number of thioether (sulfide) groups is 1. The molecule has 258 valence electrons. The third-order valence-corrected chi connectivity index (χ3v) is 10.9. The van der Waals surface area contributed by atoms with Crippen LogP contribution in [0.1, 0.15) is 47.1 Å².